The van der Waals surface area contributed by atoms with Crippen LogP contribution in [0.1, 0.15) is 51.4 Å². The first-order valence-corrected chi connectivity index (χ1v) is 12.2. The van der Waals surface area contributed by atoms with Crippen molar-refractivity contribution in [3.05, 3.63) is 28.7 Å². The summed E-state index contributed by atoms with van der Waals surface area (Å²) in [6.45, 7) is 0.615. The van der Waals surface area contributed by atoms with Gasteiger partial charge in [-0.3, -0.25) is 9.36 Å². The van der Waals surface area contributed by atoms with E-state index in [4.69, 9.17) is 4.42 Å². The molecule has 164 valence electrons. The summed E-state index contributed by atoms with van der Waals surface area (Å²) >= 11 is 0. The minimum absolute atomic E-state index is 0.0615. The second kappa shape index (κ2) is 8.55. The predicted octanol–water partition coefficient (Wildman–Crippen LogP) is 2.37. The monoisotopic (exact) mass is 435 g/mol. The number of piperidine rings is 1. The first kappa shape index (κ1) is 21.1. The second-order valence-corrected chi connectivity index (χ2v) is 10.4. The molecule has 1 N–H and O–H groups in total. The highest BCUT2D eigenvalue weighted by molar-refractivity contribution is 7.89. The van der Waals surface area contributed by atoms with Gasteiger partial charge in [0.15, 0.2) is 5.58 Å². The number of aryl methyl sites for hydroxylation is 1. The molecule has 0 bridgehead atoms. The molecule has 8 nitrogen and oxygen atoms in total. The zero-order chi connectivity index (χ0) is 21.3. The summed E-state index contributed by atoms with van der Waals surface area (Å²) < 4.78 is 34.0. The third kappa shape index (κ3) is 4.18. The molecule has 2 aliphatic rings. The van der Waals surface area contributed by atoms with E-state index in [1.165, 1.54) is 33.8 Å². The first-order chi connectivity index (χ1) is 14.4. The largest absolute Gasteiger partial charge is 0.419 e. The molecule has 0 radical (unpaired) electrons. The average molecular weight is 436 g/mol. The van der Waals surface area contributed by atoms with E-state index in [0.717, 1.165) is 25.7 Å². The minimum atomic E-state index is -3.71. The van der Waals surface area contributed by atoms with E-state index < -0.39 is 15.8 Å². The van der Waals surface area contributed by atoms with Crippen molar-refractivity contribution in [2.75, 3.05) is 13.1 Å². The average Bonchev–Trinajstić information content (AvgIpc) is 2.90. The van der Waals surface area contributed by atoms with E-state index >= 15 is 0 Å². The van der Waals surface area contributed by atoms with E-state index in [0.29, 0.717) is 31.4 Å². The van der Waals surface area contributed by atoms with Gasteiger partial charge >= 0.3 is 5.76 Å². The molecule has 2 aromatic rings. The van der Waals surface area contributed by atoms with Gasteiger partial charge in [-0.05, 0) is 37.8 Å². The highest BCUT2D eigenvalue weighted by atomic mass is 32.2. The molecule has 1 aliphatic heterocycles. The van der Waals surface area contributed by atoms with Gasteiger partial charge in [-0.1, -0.05) is 25.7 Å². The molecule has 0 spiro atoms. The molecule has 1 saturated heterocycles. The number of carbonyl (C=O) groups is 1. The molecule has 0 atom stereocenters. The highest BCUT2D eigenvalue weighted by Gasteiger charge is 2.33. The maximum absolute atomic E-state index is 13.1. The number of hydrogen-bond donors (Lipinski definition) is 1. The Morgan fingerprint density at radius 2 is 1.73 bits per heavy atom. The van der Waals surface area contributed by atoms with Crippen LogP contribution in [-0.4, -0.2) is 42.3 Å². The molecule has 1 saturated carbocycles. The number of amides is 1. The van der Waals surface area contributed by atoms with E-state index in [9.17, 15) is 18.0 Å². The third-order valence-electron chi connectivity index (χ3n) is 6.43. The SMILES string of the molecule is Cn1c(=O)oc2cc(S(=O)(=O)N3CCC(C(=O)NC4CCCCCC4)CC3)ccc21. The Morgan fingerprint density at radius 3 is 2.40 bits per heavy atom. The van der Waals surface area contributed by atoms with Gasteiger partial charge in [0.2, 0.25) is 15.9 Å². The number of rotatable bonds is 4. The minimum Gasteiger partial charge on any atom is -0.408 e. The van der Waals surface area contributed by atoms with E-state index in [1.54, 1.807) is 13.1 Å². The summed E-state index contributed by atoms with van der Waals surface area (Å²) in [6, 6.07) is 4.74. The predicted molar refractivity (Wildman–Crippen MR) is 113 cm³/mol. The van der Waals surface area contributed by atoms with Crippen molar-refractivity contribution in [3.8, 4) is 0 Å². The number of carbonyl (C=O) groups excluding carboxylic acids is 1. The zero-order valence-corrected chi connectivity index (χ0v) is 18.1. The number of nitrogens with one attached hydrogen (secondary N) is 1. The van der Waals surface area contributed by atoms with Gasteiger partial charge in [-0.25, -0.2) is 13.2 Å². The van der Waals surface area contributed by atoms with Crippen molar-refractivity contribution in [2.24, 2.45) is 13.0 Å². The summed E-state index contributed by atoms with van der Waals surface area (Å²) in [4.78, 5) is 24.4. The molecule has 0 unspecified atom stereocenters. The van der Waals surface area contributed by atoms with E-state index in [1.807, 2.05) is 0 Å². The lowest BCUT2D eigenvalue weighted by molar-refractivity contribution is -0.126. The van der Waals surface area contributed by atoms with Crippen molar-refractivity contribution >= 4 is 27.0 Å². The normalized spacial score (nSPS) is 20.3. The molecule has 9 heteroatoms. The number of oxazole rings is 1. The number of nitrogens with zero attached hydrogens (tertiary/aromatic N) is 2. The molecular formula is C21H29N3O5S. The first-order valence-electron chi connectivity index (χ1n) is 10.8. The van der Waals surface area contributed by atoms with Crippen molar-refractivity contribution in [1.82, 2.24) is 14.2 Å². The van der Waals surface area contributed by atoms with Gasteiger partial charge < -0.3 is 9.73 Å². The van der Waals surface area contributed by atoms with Crippen molar-refractivity contribution in [3.63, 3.8) is 0 Å². The lowest BCUT2D eigenvalue weighted by Crippen LogP contribution is -2.45. The zero-order valence-electron chi connectivity index (χ0n) is 17.3. The van der Waals surface area contributed by atoms with Crippen LogP contribution in [0.4, 0.5) is 0 Å². The summed E-state index contributed by atoms with van der Waals surface area (Å²) in [5.74, 6) is -0.610. The van der Waals surface area contributed by atoms with Gasteiger partial charge in [0.05, 0.1) is 10.4 Å². The highest BCUT2D eigenvalue weighted by Crippen LogP contribution is 2.26. The molecule has 4 rings (SSSR count). The van der Waals surface area contributed by atoms with Crippen LogP contribution in [0.25, 0.3) is 11.1 Å². The molecule has 2 heterocycles. The van der Waals surface area contributed by atoms with Crippen LogP contribution in [0, 0.1) is 5.92 Å². The van der Waals surface area contributed by atoms with Crippen LogP contribution in [0.5, 0.6) is 0 Å². The Bertz CT molecular complexity index is 1070. The molecule has 30 heavy (non-hydrogen) atoms. The molecular weight excluding hydrogens is 406 g/mol. The van der Waals surface area contributed by atoms with Crippen LogP contribution in [0.3, 0.4) is 0 Å². The Hall–Kier alpha value is -2.13. The summed E-state index contributed by atoms with van der Waals surface area (Å²) in [5, 5.41) is 3.19. The van der Waals surface area contributed by atoms with Crippen molar-refractivity contribution in [2.45, 2.75) is 62.3 Å². The topological polar surface area (TPSA) is 102 Å². The van der Waals surface area contributed by atoms with Crippen LogP contribution >= 0.6 is 0 Å². The quantitative estimate of drug-likeness (QED) is 0.743. The molecule has 1 aromatic carbocycles. The lowest BCUT2D eigenvalue weighted by Gasteiger charge is -2.31. The van der Waals surface area contributed by atoms with Gasteiger partial charge in [0.1, 0.15) is 0 Å². The molecule has 1 aliphatic carbocycles. The maximum Gasteiger partial charge on any atom is 0.419 e. The smallest absolute Gasteiger partial charge is 0.408 e. The number of hydrogen-bond acceptors (Lipinski definition) is 5. The van der Waals surface area contributed by atoms with E-state index in [2.05, 4.69) is 5.32 Å². The summed E-state index contributed by atoms with van der Waals surface area (Å²) in [5.41, 5.74) is 0.800. The Kier molecular flexibility index (Phi) is 6.02. The fourth-order valence-electron chi connectivity index (χ4n) is 4.52. The molecule has 1 amide bonds. The van der Waals surface area contributed by atoms with Crippen LogP contribution in [0.2, 0.25) is 0 Å². The maximum atomic E-state index is 13.1. The second-order valence-electron chi connectivity index (χ2n) is 8.43. The van der Waals surface area contributed by atoms with Gasteiger partial charge in [0.25, 0.3) is 0 Å². The van der Waals surface area contributed by atoms with Crippen LogP contribution in [0.15, 0.2) is 32.3 Å². The third-order valence-corrected chi connectivity index (χ3v) is 8.32. The Labute approximate surface area is 176 Å². The Morgan fingerprint density at radius 1 is 1.07 bits per heavy atom. The standard InChI is InChI=1S/C21H29N3O5S/c1-23-18-9-8-17(14-19(18)29-21(23)26)30(27,28)24-12-10-15(11-13-24)20(25)22-16-6-4-2-3-5-7-16/h8-9,14-16H,2-7,10-13H2,1H3,(H,22,25). The summed E-state index contributed by atoms with van der Waals surface area (Å²) in [6.07, 6.45) is 7.90. The number of benzene rings is 1. The number of fused-ring (bicyclic) bond motifs is 1. The van der Waals surface area contributed by atoms with E-state index in [-0.39, 0.29) is 28.3 Å². The number of sulfonamides is 1. The Balaban J connectivity index is 1.40. The van der Waals surface area contributed by atoms with Gasteiger partial charge in [-0.15, -0.1) is 0 Å². The molecule has 2 fully saturated rings. The van der Waals surface area contributed by atoms with Gasteiger partial charge in [0, 0.05) is 38.2 Å². The number of aromatic nitrogens is 1. The van der Waals surface area contributed by atoms with Crippen molar-refractivity contribution in [1.29, 1.82) is 0 Å². The molecule has 1 aromatic heterocycles. The fourth-order valence-corrected chi connectivity index (χ4v) is 6.01. The summed E-state index contributed by atoms with van der Waals surface area (Å²) in [7, 11) is -2.13. The fraction of sp³-hybridized carbons (Fsp3) is 0.619. The van der Waals surface area contributed by atoms with Crippen LogP contribution < -0.4 is 11.1 Å². The van der Waals surface area contributed by atoms with Gasteiger partial charge in [-0.2, -0.15) is 4.31 Å². The van der Waals surface area contributed by atoms with Crippen molar-refractivity contribution < 1.29 is 17.6 Å². The lowest BCUT2D eigenvalue weighted by atomic mass is 9.96. The van der Waals surface area contributed by atoms with Crippen LogP contribution in [-0.2, 0) is 21.9 Å².